The molecule has 1 aromatic carbocycles. The summed E-state index contributed by atoms with van der Waals surface area (Å²) < 4.78 is 0. The molecule has 30 heavy (non-hydrogen) atoms. The number of benzene rings is 1. The van der Waals surface area contributed by atoms with Gasteiger partial charge in [0.05, 0.1) is 0 Å². The number of nitrogens with zero attached hydrogens (tertiary/aromatic N) is 1. The first-order valence-electron chi connectivity index (χ1n) is 9.92. The van der Waals surface area contributed by atoms with E-state index in [-0.39, 0.29) is 5.91 Å². The molecule has 0 bridgehead atoms. The maximum absolute atomic E-state index is 12.6. The van der Waals surface area contributed by atoms with Crippen LogP contribution in [-0.4, -0.2) is 47.3 Å². The lowest BCUT2D eigenvalue weighted by atomic mass is 9.88. The van der Waals surface area contributed by atoms with Crippen LogP contribution in [0.3, 0.4) is 0 Å². The van der Waals surface area contributed by atoms with E-state index in [1.54, 1.807) is 30.1 Å². The van der Waals surface area contributed by atoms with Gasteiger partial charge in [0.25, 0.3) is 11.8 Å². The van der Waals surface area contributed by atoms with Gasteiger partial charge in [-0.05, 0) is 49.0 Å². The minimum Gasteiger partial charge on any atom is -0.388 e. The molecule has 7 nitrogen and oxygen atoms in total. The SMILES string of the molecule is C=C(C=CC=C(C)NC(=O)C(=O)CO)C(=O)N1CCC(c2cccc(CN)c2)CC1. The van der Waals surface area contributed by atoms with E-state index in [4.69, 9.17) is 10.8 Å². The molecule has 0 saturated carbocycles. The predicted octanol–water partition coefficient (Wildman–Crippen LogP) is 1.55. The summed E-state index contributed by atoms with van der Waals surface area (Å²) in [5.74, 6) is -1.50. The number of amides is 2. The normalized spacial score (nSPS) is 15.3. The minimum absolute atomic E-state index is 0.119. The van der Waals surface area contributed by atoms with Crippen LogP contribution in [0, 0.1) is 0 Å². The molecule has 0 spiro atoms. The van der Waals surface area contributed by atoms with Crippen molar-refractivity contribution >= 4 is 17.6 Å². The van der Waals surface area contributed by atoms with Crippen molar-refractivity contribution in [1.82, 2.24) is 10.2 Å². The smallest absolute Gasteiger partial charge is 0.293 e. The van der Waals surface area contributed by atoms with Gasteiger partial charge in [-0.25, -0.2) is 0 Å². The van der Waals surface area contributed by atoms with Gasteiger partial charge in [-0.1, -0.05) is 36.9 Å². The van der Waals surface area contributed by atoms with Crippen LogP contribution >= 0.6 is 0 Å². The van der Waals surface area contributed by atoms with Gasteiger partial charge >= 0.3 is 0 Å². The van der Waals surface area contributed by atoms with Gasteiger partial charge in [0.2, 0.25) is 5.78 Å². The number of hydrogen-bond donors (Lipinski definition) is 3. The van der Waals surface area contributed by atoms with E-state index in [9.17, 15) is 14.4 Å². The first kappa shape index (κ1) is 23.3. The number of carbonyl (C=O) groups is 3. The summed E-state index contributed by atoms with van der Waals surface area (Å²) in [7, 11) is 0. The number of rotatable bonds is 8. The molecule has 160 valence electrons. The standard InChI is InChI=1S/C23H29N3O4/c1-16(5-3-6-17(2)25-22(29)21(28)15-27)23(30)26-11-9-19(10-12-26)20-8-4-7-18(13-20)14-24/h3-8,13,19,27H,1,9-12,14-15,24H2,2H3,(H,25,29). The zero-order chi connectivity index (χ0) is 22.1. The third kappa shape index (κ3) is 6.50. The van der Waals surface area contributed by atoms with Crippen molar-refractivity contribution in [3.8, 4) is 0 Å². The number of aliphatic hydroxyl groups excluding tert-OH is 1. The van der Waals surface area contributed by atoms with Gasteiger partial charge < -0.3 is 21.1 Å². The van der Waals surface area contributed by atoms with Crippen molar-refractivity contribution in [2.45, 2.75) is 32.2 Å². The second-order valence-corrected chi connectivity index (χ2v) is 7.29. The third-order valence-electron chi connectivity index (χ3n) is 5.07. The fourth-order valence-corrected chi connectivity index (χ4v) is 3.34. The Labute approximate surface area is 176 Å². The van der Waals surface area contributed by atoms with Gasteiger partial charge in [0, 0.05) is 30.9 Å². The summed E-state index contributed by atoms with van der Waals surface area (Å²) >= 11 is 0. The maximum atomic E-state index is 12.6. The largest absolute Gasteiger partial charge is 0.388 e. The lowest BCUT2D eigenvalue weighted by Gasteiger charge is -2.32. The van der Waals surface area contributed by atoms with E-state index < -0.39 is 18.3 Å². The molecule has 1 heterocycles. The molecule has 2 amide bonds. The Balaban J connectivity index is 1.86. The molecule has 1 aliphatic rings. The Hall–Kier alpha value is -3.03. The van der Waals surface area contributed by atoms with Crippen LogP contribution in [0.15, 0.2) is 60.3 Å². The Morgan fingerprint density at radius 1 is 1.30 bits per heavy atom. The molecular weight excluding hydrogens is 382 g/mol. The molecule has 0 unspecified atom stereocenters. The van der Waals surface area contributed by atoms with Gasteiger partial charge in [-0.15, -0.1) is 0 Å². The monoisotopic (exact) mass is 411 g/mol. The number of allylic oxidation sites excluding steroid dienone is 3. The summed E-state index contributed by atoms with van der Waals surface area (Å²) in [5, 5.41) is 11.0. The number of Topliss-reactive ketones (excluding diaryl/α,β-unsaturated/α-hetero) is 1. The zero-order valence-electron chi connectivity index (χ0n) is 17.3. The van der Waals surface area contributed by atoms with E-state index >= 15 is 0 Å². The molecule has 1 fully saturated rings. The number of nitrogens with one attached hydrogen (secondary N) is 1. The van der Waals surface area contributed by atoms with Crippen molar-refractivity contribution in [2.75, 3.05) is 19.7 Å². The number of carbonyl (C=O) groups excluding carboxylic acids is 3. The lowest BCUT2D eigenvalue weighted by molar-refractivity contribution is -0.139. The summed E-state index contributed by atoms with van der Waals surface area (Å²) in [6, 6.07) is 8.31. The number of aliphatic hydroxyl groups is 1. The van der Waals surface area contributed by atoms with E-state index in [2.05, 4.69) is 24.0 Å². The summed E-state index contributed by atoms with van der Waals surface area (Å²) in [5.41, 5.74) is 8.87. The fraction of sp³-hybridized carbons (Fsp3) is 0.348. The highest BCUT2D eigenvalue weighted by Gasteiger charge is 2.24. The number of likely N-dealkylation sites (tertiary alicyclic amines) is 1. The van der Waals surface area contributed by atoms with E-state index in [1.807, 2.05) is 12.1 Å². The second-order valence-electron chi connectivity index (χ2n) is 7.29. The Morgan fingerprint density at radius 3 is 2.63 bits per heavy atom. The van der Waals surface area contributed by atoms with Gasteiger partial charge in [0.1, 0.15) is 6.61 Å². The van der Waals surface area contributed by atoms with Crippen LogP contribution in [0.5, 0.6) is 0 Å². The van der Waals surface area contributed by atoms with Crippen molar-refractivity contribution < 1.29 is 19.5 Å². The maximum Gasteiger partial charge on any atom is 0.293 e. The molecule has 7 heteroatoms. The van der Waals surface area contributed by atoms with Gasteiger partial charge in [0.15, 0.2) is 0 Å². The van der Waals surface area contributed by atoms with Crippen LogP contribution in [0.1, 0.15) is 36.8 Å². The Bertz CT molecular complexity index is 865. The van der Waals surface area contributed by atoms with Crippen LogP contribution in [0.25, 0.3) is 0 Å². The molecule has 4 N–H and O–H groups in total. The van der Waals surface area contributed by atoms with E-state index in [0.717, 1.165) is 18.4 Å². The number of nitrogens with two attached hydrogens (primary N) is 1. The van der Waals surface area contributed by atoms with Crippen LogP contribution in [0.4, 0.5) is 0 Å². The van der Waals surface area contributed by atoms with Crippen LogP contribution in [-0.2, 0) is 20.9 Å². The van der Waals surface area contributed by atoms with Gasteiger partial charge in [-0.3, -0.25) is 14.4 Å². The quantitative estimate of drug-likeness (QED) is 0.341. The summed E-state index contributed by atoms with van der Waals surface area (Å²) in [4.78, 5) is 36.9. The van der Waals surface area contributed by atoms with E-state index in [0.29, 0.717) is 36.8 Å². The van der Waals surface area contributed by atoms with Crippen molar-refractivity contribution in [3.05, 3.63) is 71.5 Å². The summed E-state index contributed by atoms with van der Waals surface area (Å²) in [6.07, 6.45) is 6.49. The lowest BCUT2D eigenvalue weighted by Crippen LogP contribution is -2.38. The molecule has 0 aliphatic carbocycles. The topological polar surface area (TPSA) is 113 Å². The highest BCUT2D eigenvalue weighted by Crippen LogP contribution is 2.29. The first-order chi connectivity index (χ1) is 14.3. The van der Waals surface area contributed by atoms with Crippen molar-refractivity contribution in [2.24, 2.45) is 5.73 Å². The van der Waals surface area contributed by atoms with Crippen molar-refractivity contribution in [1.29, 1.82) is 0 Å². The Kier molecular flexibility index (Phi) is 8.70. The highest BCUT2D eigenvalue weighted by atomic mass is 16.3. The first-order valence-corrected chi connectivity index (χ1v) is 9.92. The van der Waals surface area contributed by atoms with Crippen LogP contribution in [0.2, 0.25) is 0 Å². The second kappa shape index (κ2) is 11.2. The number of ketones is 1. The van der Waals surface area contributed by atoms with E-state index in [1.165, 1.54) is 5.56 Å². The van der Waals surface area contributed by atoms with Crippen LogP contribution < -0.4 is 11.1 Å². The highest BCUT2D eigenvalue weighted by molar-refractivity contribution is 6.37. The average Bonchev–Trinajstić information content (AvgIpc) is 2.77. The third-order valence-corrected chi connectivity index (χ3v) is 5.07. The minimum atomic E-state index is -0.913. The molecular formula is C23H29N3O4. The molecule has 0 aromatic heterocycles. The molecule has 0 radical (unpaired) electrons. The molecule has 0 atom stereocenters. The Morgan fingerprint density at radius 2 is 2.00 bits per heavy atom. The predicted molar refractivity (Wildman–Crippen MR) is 115 cm³/mol. The van der Waals surface area contributed by atoms with Crippen molar-refractivity contribution in [3.63, 3.8) is 0 Å². The summed E-state index contributed by atoms with van der Waals surface area (Å²) in [6.45, 7) is 6.44. The molecule has 2 rings (SSSR count). The number of hydrogen-bond acceptors (Lipinski definition) is 5. The molecule has 1 aliphatic heterocycles. The fourth-order valence-electron chi connectivity index (χ4n) is 3.34. The molecule has 1 saturated heterocycles. The van der Waals surface area contributed by atoms with Gasteiger partial charge in [-0.2, -0.15) is 0 Å². The zero-order valence-corrected chi connectivity index (χ0v) is 17.3. The molecule has 1 aromatic rings. The number of piperidine rings is 1. The average molecular weight is 412 g/mol.